The van der Waals surface area contributed by atoms with Crippen LogP contribution in [-0.2, 0) is 0 Å². The Labute approximate surface area is 137 Å². The minimum absolute atomic E-state index is 0.554. The van der Waals surface area contributed by atoms with Gasteiger partial charge in [-0.25, -0.2) is 4.98 Å². The molecular formula is C17H22N4S. The van der Waals surface area contributed by atoms with Crippen molar-refractivity contribution in [1.82, 2.24) is 10.3 Å². The fourth-order valence-electron chi connectivity index (χ4n) is 1.86. The molecule has 5 heteroatoms. The molecule has 116 valence electrons. The molecule has 1 aromatic heterocycles. The molecule has 0 radical (unpaired) electrons. The average molecular weight is 314 g/mol. The summed E-state index contributed by atoms with van der Waals surface area (Å²) in [6, 6.07) is 12.0. The number of aromatic nitrogens is 1. The highest BCUT2D eigenvalue weighted by Gasteiger charge is 2.02. The number of hydrogen-bond acceptors (Lipinski definition) is 3. The second-order valence-corrected chi connectivity index (χ2v) is 6.01. The Bertz CT molecular complexity index is 623. The molecule has 0 unspecified atom stereocenters. The van der Waals surface area contributed by atoms with Crippen LogP contribution >= 0.6 is 12.2 Å². The number of rotatable bonds is 5. The minimum atomic E-state index is 0.554. The van der Waals surface area contributed by atoms with Crippen molar-refractivity contribution < 1.29 is 0 Å². The summed E-state index contributed by atoms with van der Waals surface area (Å²) < 4.78 is 0. The van der Waals surface area contributed by atoms with E-state index in [0.29, 0.717) is 11.0 Å². The standard InChI is InChI=1S/C17H22N4S/c1-12(2)10-19-17(22)20-14-8-9-16(18-11-14)21-15-7-5-4-6-13(15)3/h4-9,11-12H,10H2,1-3H3,(H,18,21)(H2,19,20,22). The molecule has 22 heavy (non-hydrogen) atoms. The maximum Gasteiger partial charge on any atom is 0.170 e. The van der Waals surface area contributed by atoms with Crippen molar-refractivity contribution >= 4 is 34.5 Å². The van der Waals surface area contributed by atoms with Gasteiger partial charge in [0.25, 0.3) is 0 Å². The van der Waals surface area contributed by atoms with E-state index in [1.807, 2.05) is 30.3 Å². The molecule has 1 heterocycles. The summed E-state index contributed by atoms with van der Waals surface area (Å²) in [5, 5.41) is 10.2. The molecule has 0 atom stereocenters. The lowest BCUT2D eigenvalue weighted by Gasteiger charge is -2.13. The van der Waals surface area contributed by atoms with Gasteiger partial charge in [0.15, 0.2) is 5.11 Å². The number of anilines is 3. The van der Waals surface area contributed by atoms with Gasteiger partial charge in [0.2, 0.25) is 0 Å². The Balaban J connectivity index is 1.93. The summed E-state index contributed by atoms with van der Waals surface area (Å²) in [5.74, 6) is 1.36. The van der Waals surface area contributed by atoms with Crippen molar-refractivity contribution in [3.63, 3.8) is 0 Å². The van der Waals surface area contributed by atoms with Gasteiger partial charge in [0.05, 0.1) is 11.9 Å². The molecule has 0 amide bonds. The number of nitrogens with one attached hydrogen (secondary N) is 3. The van der Waals surface area contributed by atoms with E-state index in [0.717, 1.165) is 23.7 Å². The van der Waals surface area contributed by atoms with Gasteiger partial charge in [-0.2, -0.15) is 0 Å². The Morgan fingerprint density at radius 2 is 1.95 bits per heavy atom. The molecule has 0 saturated heterocycles. The van der Waals surface area contributed by atoms with E-state index in [2.05, 4.69) is 47.8 Å². The number of para-hydroxylation sites is 1. The van der Waals surface area contributed by atoms with Crippen molar-refractivity contribution in [2.75, 3.05) is 17.2 Å². The molecule has 4 nitrogen and oxygen atoms in total. The maximum atomic E-state index is 5.24. The average Bonchev–Trinajstić information content (AvgIpc) is 2.49. The van der Waals surface area contributed by atoms with E-state index in [9.17, 15) is 0 Å². The SMILES string of the molecule is Cc1ccccc1Nc1ccc(NC(=S)NCC(C)C)cn1. The van der Waals surface area contributed by atoms with Gasteiger partial charge in [-0.15, -0.1) is 0 Å². The Morgan fingerprint density at radius 1 is 1.18 bits per heavy atom. The lowest BCUT2D eigenvalue weighted by molar-refractivity contribution is 0.627. The summed E-state index contributed by atoms with van der Waals surface area (Å²) in [6.07, 6.45) is 1.77. The number of pyridine rings is 1. The molecule has 0 saturated carbocycles. The molecule has 2 rings (SSSR count). The first-order valence-electron chi connectivity index (χ1n) is 7.38. The van der Waals surface area contributed by atoms with Crippen LogP contribution in [0.25, 0.3) is 0 Å². The van der Waals surface area contributed by atoms with Gasteiger partial charge in [-0.3, -0.25) is 0 Å². The Morgan fingerprint density at radius 3 is 2.59 bits per heavy atom. The highest BCUT2D eigenvalue weighted by Crippen LogP contribution is 2.19. The first kappa shape index (κ1) is 16.2. The second kappa shape index (κ2) is 7.75. The smallest absolute Gasteiger partial charge is 0.170 e. The Hall–Kier alpha value is -2.14. The fraction of sp³-hybridized carbons (Fsp3) is 0.294. The molecule has 1 aromatic carbocycles. The molecule has 0 aliphatic rings. The molecule has 0 aliphatic heterocycles. The van der Waals surface area contributed by atoms with E-state index in [1.54, 1.807) is 6.20 Å². The van der Waals surface area contributed by atoms with Crippen LogP contribution in [0.15, 0.2) is 42.6 Å². The summed E-state index contributed by atoms with van der Waals surface area (Å²) in [7, 11) is 0. The monoisotopic (exact) mass is 314 g/mol. The van der Waals surface area contributed by atoms with Crippen LogP contribution in [0.3, 0.4) is 0 Å². The number of nitrogens with zero attached hydrogens (tertiary/aromatic N) is 1. The number of hydrogen-bond donors (Lipinski definition) is 3. The summed E-state index contributed by atoms with van der Waals surface area (Å²) >= 11 is 5.24. The quantitative estimate of drug-likeness (QED) is 0.726. The predicted molar refractivity (Wildman–Crippen MR) is 97.8 cm³/mol. The zero-order chi connectivity index (χ0) is 15.9. The van der Waals surface area contributed by atoms with Crippen LogP contribution in [0, 0.1) is 12.8 Å². The third-order valence-electron chi connectivity index (χ3n) is 3.10. The normalized spacial score (nSPS) is 10.4. The van der Waals surface area contributed by atoms with Crippen LogP contribution in [0.5, 0.6) is 0 Å². The van der Waals surface area contributed by atoms with Gasteiger partial charge in [-0.05, 0) is 48.8 Å². The molecule has 0 spiro atoms. The van der Waals surface area contributed by atoms with Crippen molar-refractivity contribution in [2.45, 2.75) is 20.8 Å². The lowest BCUT2D eigenvalue weighted by Crippen LogP contribution is -2.31. The first-order chi connectivity index (χ1) is 10.5. The van der Waals surface area contributed by atoms with Gasteiger partial charge in [-0.1, -0.05) is 32.0 Å². The largest absolute Gasteiger partial charge is 0.362 e. The van der Waals surface area contributed by atoms with Gasteiger partial charge in [0, 0.05) is 12.2 Å². The van der Waals surface area contributed by atoms with Gasteiger partial charge in [0.1, 0.15) is 5.82 Å². The zero-order valence-electron chi connectivity index (χ0n) is 13.2. The summed E-state index contributed by atoms with van der Waals surface area (Å²) in [4.78, 5) is 4.40. The topological polar surface area (TPSA) is 49.0 Å². The maximum absolute atomic E-state index is 5.24. The van der Waals surface area contributed by atoms with Crippen LogP contribution < -0.4 is 16.0 Å². The molecule has 2 aromatic rings. The van der Waals surface area contributed by atoms with E-state index < -0.39 is 0 Å². The van der Waals surface area contributed by atoms with E-state index >= 15 is 0 Å². The second-order valence-electron chi connectivity index (χ2n) is 5.60. The van der Waals surface area contributed by atoms with Gasteiger partial charge < -0.3 is 16.0 Å². The van der Waals surface area contributed by atoms with Crippen LogP contribution in [0.1, 0.15) is 19.4 Å². The lowest BCUT2D eigenvalue weighted by atomic mass is 10.2. The summed E-state index contributed by atoms with van der Waals surface area (Å²) in [6.45, 7) is 7.20. The van der Waals surface area contributed by atoms with E-state index in [1.165, 1.54) is 5.56 Å². The van der Waals surface area contributed by atoms with E-state index in [4.69, 9.17) is 12.2 Å². The van der Waals surface area contributed by atoms with Crippen molar-refractivity contribution in [2.24, 2.45) is 5.92 Å². The molecule has 0 aliphatic carbocycles. The zero-order valence-corrected chi connectivity index (χ0v) is 14.0. The fourth-order valence-corrected chi connectivity index (χ4v) is 2.07. The minimum Gasteiger partial charge on any atom is -0.362 e. The number of benzene rings is 1. The third-order valence-corrected chi connectivity index (χ3v) is 3.35. The van der Waals surface area contributed by atoms with Gasteiger partial charge >= 0.3 is 0 Å². The van der Waals surface area contributed by atoms with Crippen LogP contribution in [0.2, 0.25) is 0 Å². The van der Waals surface area contributed by atoms with Crippen molar-refractivity contribution in [3.8, 4) is 0 Å². The van der Waals surface area contributed by atoms with Crippen LogP contribution in [0.4, 0.5) is 17.2 Å². The number of aryl methyl sites for hydroxylation is 1. The predicted octanol–water partition coefficient (Wildman–Crippen LogP) is 4.08. The highest BCUT2D eigenvalue weighted by molar-refractivity contribution is 7.80. The van der Waals surface area contributed by atoms with Crippen molar-refractivity contribution in [3.05, 3.63) is 48.2 Å². The molecule has 0 bridgehead atoms. The van der Waals surface area contributed by atoms with Crippen molar-refractivity contribution in [1.29, 1.82) is 0 Å². The Kier molecular flexibility index (Phi) is 5.72. The van der Waals surface area contributed by atoms with E-state index in [-0.39, 0.29) is 0 Å². The highest BCUT2D eigenvalue weighted by atomic mass is 32.1. The van der Waals surface area contributed by atoms with Crippen LogP contribution in [-0.4, -0.2) is 16.6 Å². The molecular weight excluding hydrogens is 292 g/mol. The number of thiocarbonyl (C=S) groups is 1. The first-order valence-corrected chi connectivity index (χ1v) is 7.79. The molecule has 3 N–H and O–H groups in total. The summed E-state index contributed by atoms with van der Waals surface area (Å²) in [5.41, 5.74) is 3.12. The third kappa shape index (κ3) is 5.00. The molecule has 0 fully saturated rings.